The third kappa shape index (κ3) is 22.3. The molecule has 0 aromatic carbocycles. The van der Waals surface area contributed by atoms with Crippen LogP contribution in [0.15, 0.2) is 0 Å². The molecule has 0 radical (unpaired) electrons. The average molecular weight is 357 g/mol. The number of hydrogen-bond acceptors (Lipinski definition) is 1. The Hall–Kier alpha value is 1.83. The molecule has 3 heteroatoms. The van der Waals surface area contributed by atoms with Gasteiger partial charge in [-0.1, -0.05) is 26.2 Å². The third-order valence-electron chi connectivity index (χ3n) is 3.48. The van der Waals surface area contributed by atoms with E-state index in [1.165, 1.54) is 77.0 Å². The maximum atomic E-state index is 10.7. The Bertz CT molecular complexity index is 186. The Labute approximate surface area is 171 Å². The van der Waals surface area contributed by atoms with Crippen LogP contribution in [0.1, 0.15) is 96.8 Å². The van der Waals surface area contributed by atoms with Gasteiger partial charge in [0.25, 0.3) is 0 Å². The second-order valence-corrected chi connectivity index (χ2v) is 6.32. The van der Waals surface area contributed by atoms with Crippen molar-refractivity contribution in [1.82, 2.24) is 0 Å². The molecule has 0 N–H and O–H groups in total. The number of unbranched alkanes of at least 4 members (excludes halogenated alkanes) is 12. The van der Waals surface area contributed by atoms with Gasteiger partial charge in [-0.25, -0.2) is 0 Å². The summed E-state index contributed by atoms with van der Waals surface area (Å²) in [6, 6.07) is 0. The van der Waals surface area contributed by atoms with Crippen molar-refractivity contribution in [3.63, 3.8) is 0 Å². The predicted octanol–water partition coefficient (Wildman–Crippen LogP) is 1.13. The van der Waals surface area contributed by atoms with Crippen molar-refractivity contribution in [3.8, 4) is 0 Å². The molecule has 0 unspecified atom stereocenters. The monoisotopic (exact) mass is 358 g/mol. The third-order valence-corrected chi connectivity index (χ3v) is 3.91. The van der Waals surface area contributed by atoms with E-state index in [0.717, 1.165) is 12.8 Å². The summed E-state index contributed by atoms with van der Waals surface area (Å²) in [5, 5.41) is 10.7. The predicted molar refractivity (Wildman–Crippen MR) is 81.1 cm³/mol. The van der Waals surface area contributed by atoms with Crippen molar-refractivity contribution in [3.05, 3.63) is 0 Å². The van der Waals surface area contributed by atoms with E-state index in [0.29, 0.717) is 0 Å². The molecular formula is C16H31KOSe. The average Bonchev–Trinajstić information content (AvgIpc) is 2.34. The normalized spacial score (nSPS) is 10.2. The summed E-state index contributed by atoms with van der Waals surface area (Å²) in [5.41, 5.74) is 0. The largest absolute Gasteiger partial charge is 1.00 e. The molecule has 0 aromatic rings. The molecule has 0 heterocycles. The van der Waals surface area contributed by atoms with E-state index < -0.39 is 0 Å². The Morgan fingerprint density at radius 2 is 1.00 bits per heavy atom. The molecular weight excluding hydrogens is 326 g/mol. The van der Waals surface area contributed by atoms with Crippen LogP contribution in [-0.2, 0) is 0 Å². The van der Waals surface area contributed by atoms with Crippen LogP contribution in [0.2, 0.25) is 0 Å². The van der Waals surface area contributed by atoms with E-state index in [9.17, 15) is 5.11 Å². The maximum Gasteiger partial charge on any atom is 1.00 e. The van der Waals surface area contributed by atoms with Gasteiger partial charge in [0, 0.05) is 0 Å². The smallest absolute Gasteiger partial charge is 1.00 e. The minimum Gasteiger partial charge on any atom is 1.00 e. The zero-order chi connectivity index (χ0) is 13.5. The Morgan fingerprint density at radius 3 is 1.32 bits per heavy atom. The molecule has 0 amide bonds. The van der Waals surface area contributed by atoms with Crippen LogP contribution in [0, 0.1) is 0 Å². The molecule has 0 spiro atoms. The standard InChI is InChI=1S/C16H32OSe.K/c1-2-3-4-5-6-7-8-9-10-11-12-13-14-15-16(17)18;/h2-15H2,1H3,(H,17,18);/q;+1/p-1. The molecule has 0 aromatic heterocycles. The number of rotatable bonds is 14. The van der Waals surface area contributed by atoms with Gasteiger partial charge in [0.1, 0.15) is 0 Å². The van der Waals surface area contributed by atoms with Crippen molar-refractivity contribution in [1.29, 1.82) is 0 Å². The molecule has 0 rings (SSSR count). The summed E-state index contributed by atoms with van der Waals surface area (Å²) in [6.45, 7) is 2.27. The number of hydrogen-bond donors (Lipinski definition) is 0. The van der Waals surface area contributed by atoms with Gasteiger partial charge in [0.2, 0.25) is 0 Å². The summed E-state index contributed by atoms with van der Waals surface area (Å²) in [6.07, 6.45) is 18.4. The van der Waals surface area contributed by atoms with Crippen LogP contribution in [0.5, 0.6) is 0 Å². The van der Waals surface area contributed by atoms with E-state index in [4.69, 9.17) is 0 Å². The molecule has 0 fully saturated rings. The molecule has 19 heavy (non-hydrogen) atoms. The molecule has 0 aliphatic carbocycles. The van der Waals surface area contributed by atoms with Crippen LogP contribution in [0.25, 0.3) is 0 Å². The fourth-order valence-electron chi connectivity index (χ4n) is 2.29. The summed E-state index contributed by atoms with van der Waals surface area (Å²) in [5.74, 6) is 0. The van der Waals surface area contributed by atoms with Gasteiger partial charge in [-0.3, -0.25) is 0 Å². The van der Waals surface area contributed by atoms with Crippen LogP contribution < -0.4 is 56.5 Å². The summed E-state index contributed by atoms with van der Waals surface area (Å²) >= 11 is 2.54. The van der Waals surface area contributed by atoms with E-state index in [-0.39, 0.29) is 56.0 Å². The van der Waals surface area contributed by atoms with Gasteiger partial charge in [-0.15, -0.1) is 0 Å². The molecule has 1 nitrogen and oxygen atoms in total. The Balaban J connectivity index is 0. The molecule has 0 atom stereocenters. The molecule has 0 saturated heterocycles. The fraction of sp³-hybridized carbons (Fsp3) is 0.938. The Morgan fingerprint density at radius 1 is 0.684 bits per heavy atom. The van der Waals surface area contributed by atoms with Gasteiger partial charge in [0.15, 0.2) is 0 Å². The van der Waals surface area contributed by atoms with Gasteiger partial charge in [0.05, 0.1) is 0 Å². The second-order valence-electron chi connectivity index (χ2n) is 5.36. The topological polar surface area (TPSA) is 23.1 Å². The van der Waals surface area contributed by atoms with Crippen molar-refractivity contribution in [2.75, 3.05) is 0 Å². The van der Waals surface area contributed by atoms with Crippen molar-refractivity contribution >= 4 is 20.2 Å². The van der Waals surface area contributed by atoms with E-state index >= 15 is 0 Å². The summed E-state index contributed by atoms with van der Waals surface area (Å²) in [4.78, 5) is 0. The van der Waals surface area contributed by atoms with Crippen LogP contribution in [0.3, 0.4) is 0 Å². The van der Waals surface area contributed by atoms with Crippen LogP contribution in [0.4, 0.5) is 0 Å². The maximum absolute atomic E-state index is 10.7. The SMILES string of the molecule is CCCCCCCCCCCCCCCC([O-])=[Se].[K+]. The molecule has 0 aliphatic rings. The van der Waals surface area contributed by atoms with Gasteiger partial charge < -0.3 is 0 Å². The first-order chi connectivity index (χ1) is 8.77. The van der Waals surface area contributed by atoms with Crippen molar-refractivity contribution in [2.24, 2.45) is 0 Å². The van der Waals surface area contributed by atoms with Crippen LogP contribution >= 0.6 is 0 Å². The first-order valence-corrected chi connectivity index (χ1v) is 8.83. The quantitative estimate of drug-likeness (QED) is 0.338. The van der Waals surface area contributed by atoms with E-state index in [2.05, 4.69) is 22.5 Å². The zero-order valence-electron chi connectivity index (χ0n) is 13.2. The van der Waals surface area contributed by atoms with Gasteiger partial charge in [-0.2, -0.15) is 0 Å². The molecule has 0 aliphatic heterocycles. The first kappa shape index (κ1) is 23.1. The van der Waals surface area contributed by atoms with Gasteiger partial charge in [-0.05, 0) is 0 Å². The van der Waals surface area contributed by atoms with Gasteiger partial charge >= 0.3 is 147 Å². The van der Waals surface area contributed by atoms with Crippen LogP contribution in [-0.4, -0.2) is 20.2 Å². The Kier molecular flexibility index (Phi) is 24.1. The minimum atomic E-state index is 0. The summed E-state index contributed by atoms with van der Waals surface area (Å²) in [7, 11) is 0. The fourth-order valence-corrected chi connectivity index (χ4v) is 2.59. The summed E-state index contributed by atoms with van der Waals surface area (Å²) < 4.78 is 0.220. The molecule has 108 valence electrons. The zero-order valence-corrected chi connectivity index (χ0v) is 18.1. The first-order valence-electron chi connectivity index (χ1n) is 7.97. The van der Waals surface area contributed by atoms with E-state index in [1.807, 2.05) is 0 Å². The minimum absolute atomic E-state index is 0. The van der Waals surface area contributed by atoms with Crippen molar-refractivity contribution < 1.29 is 56.5 Å². The second kappa shape index (κ2) is 19.8. The molecule has 0 bridgehead atoms. The molecule has 0 saturated carbocycles. The van der Waals surface area contributed by atoms with E-state index in [1.54, 1.807) is 0 Å². The van der Waals surface area contributed by atoms with Crippen molar-refractivity contribution in [2.45, 2.75) is 96.8 Å².